The number of fused-ring (bicyclic) bond motifs is 1. The van der Waals surface area contributed by atoms with E-state index >= 15 is 0 Å². The highest BCUT2D eigenvalue weighted by Crippen LogP contribution is 2.42. The van der Waals surface area contributed by atoms with Gasteiger partial charge in [-0.15, -0.1) is 0 Å². The summed E-state index contributed by atoms with van der Waals surface area (Å²) in [6, 6.07) is 4.66. The third-order valence-corrected chi connectivity index (χ3v) is 5.00. The van der Waals surface area contributed by atoms with Gasteiger partial charge in [-0.2, -0.15) is 0 Å². The lowest BCUT2D eigenvalue weighted by Crippen LogP contribution is -2.33. The van der Waals surface area contributed by atoms with Crippen molar-refractivity contribution in [3.63, 3.8) is 0 Å². The van der Waals surface area contributed by atoms with Crippen molar-refractivity contribution in [1.29, 1.82) is 0 Å². The Morgan fingerprint density at radius 2 is 1.89 bits per heavy atom. The first-order valence-corrected chi connectivity index (χ1v) is 7.19. The van der Waals surface area contributed by atoms with Crippen LogP contribution in [-0.4, -0.2) is 31.6 Å². The maximum Gasteiger partial charge on any atom is 0.0408 e. The summed E-state index contributed by atoms with van der Waals surface area (Å²) in [6.45, 7) is 8.13. The fourth-order valence-electron chi connectivity index (χ4n) is 3.55. The Morgan fingerprint density at radius 1 is 1.17 bits per heavy atom. The van der Waals surface area contributed by atoms with Crippen LogP contribution in [0.25, 0.3) is 0 Å². The second kappa shape index (κ2) is 4.58. The Balaban J connectivity index is 1.84. The molecule has 0 aliphatic carbocycles. The van der Waals surface area contributed by atoms with Crippen molar-refractivity contribution in [2.75, 3.05) is 32.0 Å². The zero-order valence-corrected chi connectivity index (χ0v) is 11.8. The monoisotopic (exact) mass is 244 g/mol. The van der Waals surface area contributed by atoms with Gasteiger partial charge in [-0.1, -0.05) is 12.1 Å². The zero-order valence-electron chi connectivity index (χ0n) is 11.8. The molecule has 0 amide bonds. The molecule has 2 heteroatoms. The molecule has 0 bridgehead atoms. The lowest BCUT2D eigenvalue weighted by Gasteiger charge is -2.32. The first kappa shape index (κ1) is 12.0. The van der Waals surface area contributed by atoms with Crippen molar-refractivity contribution < 1.29 is 0 Å². The van der Waals surface area contributed by atoms with E-state index in [1.54, 1.807) is 5.56 Å². The fraction of sp³-hybridized carbons (Fsp3) is 0.625. The maximum absolute atomic E-state index is 3.65. The number of anilines is 1. The maximum atomic E-state index is 3.65. The van der Waals surface area contributed by atoms with Crippen molar-refractivity contribution in [3.05, 3.63) is 28.8 Å². The third kappa shape index (κ3) is 1.93. The number of nitrogens with one attached hydrogen (secondary N) is 1. The molecule has 2 aliphatic rings. The smallest absolute Gasteiger partial charge is 0.0408 e. The molecule has 1 fully saturated rings. The molecule has 1 aromatic rings. The molecule has 1 unspecified atom stereocenters. The number of hydrogen-bond donors (Lipinski definition) is 1. The van der Waals surface area contributed by atoms with E-state index in [1.807, 2.05) is 0 Å². The van der Waals surface area contributed by atoms with E-state index in [1.165, 1.54) is 42.7 Å². The molecule has 3 rings (SSSR count). The number of piperidine rings is 1. The van der Waals surface area contributed by atoms with Crippen LogP contribution >= 0.6 is 0 Å². The average Bonchev–Trinajstić information content (AvgIpc) is 2.79. The molecule has 2 nitrogen and oxygen atoms in total. The van der Waals surface area contributed by atoms with Crippen LogP contribution in [0.15, 0.2) is 12.1 Å². The molecule has 2 heterocycles. The molecule has 0 aromatic heterocycles. The van der Waals surface area contributed by atoms with Crippen molar-refractivity contribution in [2.24, 2.45) is 5.92 Å². The van der Waals surface area contributed by atoms with Gasteiger partial charge in [-0.05, 0) is 69.4 Å². The molecule has 0 radical (unpaired) electrons. The molecule has 18 heavy (non-hydrogen) atoms. The van der Waals surface area contributed by atoms with E-state index in [2.05, 4.69) is 43.2 Å². The van der Waals surface area contributed by atoms with Crippen LogP contribution in [0, 0.1) is 19.8 Å². The molecule has 0 saturated carbocycles. The topological polar surface area (TPSA) is 15.3 Å². The van der Waals surface area contributed by atoms with Gasteiger partial charge in [0.25, 0.3) is 0 Å². The van der Waals surface area contributed by atoms with Gasteiger partial charge < -0.3 is 10.2 Å². The molecule has 1 aromatic carbocycles. The summed E-state index contributed by atoms with van der Waals surface area (Å²) in [4.78, 5) is 2.46. The highest BCUT2D eigenvalue weighted by atomic mass is 15.1. The third-order valence-electron chi connectivity index (χ3n) is 5.00. The summed E-state index contributed by atoms with van der Waals surface area (Å²) in [5.74, 6) is 1.62. The molecular weight excluding hydrogens is 220 g/mol. The SMILES string of the molecule is Cc1ccc2c(c1C)NCC2C1CCN(C)CC1. The Labute approximate surface area is 110 Å². The minimum Gasteiger partial charge on any atom is -0.384 e. The number of likely N-dealkylation sites (tertiary alicyclic amines) is 1. The summed E-state index contributed by atoms with van der Waals surface area (Å²) >= 11 is 0. The van der Waals surface area contributed by atoms with Gasteiger partial charge in [0, 0.05) is 18.2 Å². The summed E-state index contributed by atoms with van der Waals surface area (Å²) < 4.78 is 0. The summed E-state index contributed by atoms with van der Waals surface area (Å²) in [7, 11) is 2.24. The van der Waals surface area contributed by atoms with E-state index < -0.39 is 0 Å². The molecule has 0 spiro atoms. The Morgan fingerprint density at radius 3 is 2.61 bits per heavy atom. The minimum atomic E-state index is 0.744. The summed E-state index contributed by atoms with van der Waals surface area (Å²) in [6.07, 6.45) is 2.71. The van der Waals surface area contributed by atoms with Crippen LogP contribution < -0.4 is 5.32 Å². The number of aryl methyl sites for hydroxylation is 1. The van der Waals surface area contributed by atoms with Gasteiger partial charge in [0.1, 0.15) is 0 Å². The lowest BCUT2D eigenvalue weighted by molar-refractivity contribution is 0.202. The van der Waals surface area contributed by atoms with Crippen LogP contribution in [0.5, 0.6) is 0 Å². The Hall–Kier alpha value is -1.02. The summed E-state index contributed by atoms with van der Waals surface area (Å²) in [5.41, 5.74) is 5.86. The largest absolute Gasteiger partial charge is 0.384 e. The number of hydrogen-bond acceptors (Lipinski definition) is 2. The van der Waals surface area contributed by atoms with E-state index in [0.29, 0.717) is 0 Å². The van der Waals surface area contributed by atoms with E-state index in [0.717, 1.165) is 18.4 Å². The first-order chi connectivity index (χ1) is 8.66. The van der Waals surface area contributed by atoms with Gasteiger partial charge in [0.15, 0.2) is 0 Å². The standard InChI is InChI=1S/C16H24N2/c1-11-4-5-14-15(10-17-16(14)12(11)2)13-6-8-18(3)9-7-13/h4-5,13,15,17H,6-10H2,1-3H3. The quantitative estimate of drug-likeness (QED) is 0.816. The lowest BCUT2D eigenvalue weighted by atomic mass is 9.81. The molecular formula is C16H24N2. The number of rotatable bonds is 1. The number of benzene rings is 1. The van der Waals surface area contributed by atoms with Crippen molar-refractivity contribution >= 4 is 5.69 Å². The van der Waals surface area contributed by atoms with Gasteiger partial charge in [0.05, 0.1) is 0 Å². The van der Waals surface area contributed by atoms with Crippen LogP contribution in [0.4, 0.5) is 5.69 Å². The van der Waals surface area contributed by atoms with Crippen LogP contribution in [0.3, 0.4) is 0 Å². The predicted molar refractivity (Wildman–Crippen MR) is 77.4 cm³/mol. The first-order valence-electron chi connectivity index (χ1n) is 7.19. The second-order valence-electron chi connectivity index (χ2n) is 6.10. The Bertz CT molecular complexity index is 445. The van der Waals surface area contributed by atoms with Crippen LogP contribution in [0.1, 0.15) is 35.4 Å². The van der Waals surface area contributed by atoms with Crippen molar-refractivity contribution in [1.82, 2.24) is 4.90 Å². The normalized spacial score (nSPS) is 24.9. The average molecular weight is 244 g/mol. The predicted octanol–water partition coefficient (Wildman–Crippen LogP) is 3.15. The molecule has 1 N–H and O–H groups in total. The molecule has 1 saturated heterocycles. The highest BCUT2D eigenvalue weighted by molar-refractivity contribution is 5.64. The highest BCUT2D eigenvalue weighted by Gasteiger charge is 2.32. The van der Waals surface area contributed by atoms with Crippen molar-refractivity contribution in [3.8, 4) is 0 Å². The van der Waals surface area contributed by atoms with Crippen LogP contribution in [0.2, 0.25) is 0 Å². The van der Waals surface area contributed by atoms with Gasteiger partial charge in [0.2, 0.25) is 0 Å². The van der Waals surface area contributed by atoms with Gasteiger partial charge in [-0.25, -0.2) is 0 Å². The van der Waals surface area contributed by atoms with Gasteiger partial charge in [-0.3, -0.25) is 0 Å². The van der Waals surface area contributed by atoms with E-state index in [-0.39, 0.29) is 0 Å². The zero-order chi connectivity index (χ0) is 12.7. The summed E-state index contributed by atoms with van der Waals surface area (Å²) in [5, 5.41) is 3.65. The van der Waals surface area contributed by atoms with Crippen molar-refractivity contribution in [2.45, 2.75) is 32.6 Å². The molecule has 2 aliphatic heterocycles. The van der Waals surface area contributed by atoms with Crippen LogP contribution in [-0.2, 0) is 0 Å². The van der Waals surface area contributed by atoms with E-state index in [4.69, 9.17) is 0 Å². The fourth-order valence-corrected chi connectivity index (χ4v) is 3.55. The Kier molecular flexibility index (Phi) is 3.06. The number of nitrogens with zero attached hydrogens (tertiary/aromatic N) is 1. The molecule has 98 valence electrons. The van der Waals surface area contributed by atoms with Gasteiger partial charge >= 0.3 is 0 Å². The second-order valence-corrected chi connectivity index (χ2v) is 6.10. The minimum absolute atomic E-state index is 0.744. The van der Waals surface area contributed by atoms with E-state index in [9.17, 15) is 0 Å². The molecule has 1 atom stereocenters.